The molecule has 1 amide bonds. The average Bonchev–Trinajstić information content (AvgIpc) is 3.26. The van der Waals surface area contributed by atoms with E-state index in [1.165, 1.54) is 4.68 Å². The van der Waals surface area contributed by atoms with Gasteiger partial charge in [-0.15, -0.1) is 0 Å². The molecule has 0 aliphatic heterocycles. The van der Waals surface area contributed by atoms with Gasteiger partial charge in [0.25, 0.3) is 11.5 Å². The molecule has 0 saturated carbocycles. The Morgan fingerprint density at radius 1 is 1.00 bits per heavy atom. The highest BCUT2D eigenvalue weighted by Crippen LogP contribution is 2.16. The first-order valence-electron chi connectivity index (χ1n) is 9.88. The summed E-state index contributed by atoms with van der Waals surface area (Å²) in [5.74, 6) is -0.311. The number of carbonyl (C=O) groups is 1. The average molecular weight is 401 g/mol. The molecular formula is C23H23N5O2. The number of amides is 1. The fourth-order valence-electron chi connectivity index (χ4n) is 3.44. The smallest absolute Gasteiger partial charge is 0.274 e. The quantitative estimate of drug-likeness (QED) is 0.538. The number of rotatable bonds is 6. The van der Waals surface area contributed by atoms with Crippen molar-refractivity contribution in [3.05, 3.63) is 94.2 Å². The summed E-state index contributed by atoms with van der Waals surface area (Å²) in [7, 11) is 0. The van der Waals surface area contributed by atoms with E-state index in [0.717, 1.165) is 11.1 Å². The molecule has 0 radical (unpaired) electrons. The van der Waals surface area contributed by atoms with E-state index in [1.54, 1.807) is 30.5 Å². The molecule has 152 valence electrons. The molecule has 2 heterocycles. The van der Waals surface area contributed by atoms with Gasteiger partial charge in [0, 0.05) is 24.3 Å². The standard InChI is InChI=1S/C23H23N5O2/c1-16(2)28-23(30)20-11-6-5-10-19(20)21(26-28)22(29)24-14-17-8-3-4-9-18(17)15-27-13-7-12-25-27/h3-13,16H,14-15H2,1-2H3,(H,24,29). The number of nitrogens with one attached hydrogen (secondary N) is 1. The Balaban J connectivity index is 1.62. The van der Waals surface area contributed by atoms with Crippen molar-refractivity contribution in [2.45, 2.75) is 33.0 Å². The maximum absolute atomic E-state index is 13.0. The van der Waals surface area contributed by atoms with E-state index in [2.05, 4.69) is 15.5 Å². The molecule has 30 heavy (non-hydrogen) atoms. The van der Waals surface area contributed by atoms with Crippen molar-refractivity contribution < 1.29 is 4.79 Å². The number of benzene rings is 2. The van der Waals surface area contributed by atoms with Gasteiger partial charge in [-0.1, -0.05) is 42.5 Å². The number of hydrogen-bond donors (Lipinski definition) is 1. The monoisotopic (exact) mass is 401 g/mol. The van der Waals surface area contributed by atoms with Crippen LogP contribution in [-0.4, -0.2) is 25.5 Å². The van der Waals surface area contributed by atoms with E-state index in [-0.39, 0.29) is 23.2 Å². The number of carbonyl (C=O) groups excluding carboxylic acids is 1. The van der Waals surface area contributed by atoms with Gasteiger partial charge in [-0.3, -0.25) is 14.3 Å². The van der Waals surface area contributed by atoms with Crippen LogP contribution in [0.3, 0.4) is 0 Å². The van der Waals surface area contributed by atoms with Gasteiger partial charge in [-0.2, -0.15) is 10.2 Å². The third-order valence-electron chi connectivity index (χ3n) is 4.98. The summed E-state index contributed by atoms with van der Waals surface area (Å²) >= 11 is 0. The first-order chi connectivity index (χ1) is 14.5. The largest absolute Gasteiger partial charge is 0.347 e. The van der Waals surface area contributed by atoms with E-state index >= 15 is 0 Å². The van der Waals surface area contributed by atoms with Crippen molar-refractivity contribution in [3.8, 4) is 0 Å². The minimum absolute atomic E-state index is 0.150. The van der Waals surface area contributed by atoms with Crippen molar-refractivity contribution in [2.75, 3.05) is 0 Å². The summed E-state index contributed by atoms with van der Waals surface area (Å²) in [4.78, 5) is 25.7. The lowest BCUT2D eigenvalue weighted by Gasteiger charge is -2.14. The second-order valence-electron chi connectivity index (χ2n) is 7.39. The Hall–Kier alpha value is -3.74. The van der Waals surface area contributed by atoms with Crippen LogP contribution in [0.5, 0.6) is 0 Å². The summed E-state index contributed by atoms with van der Waals surface area (Å²) in [6.07, 6.45) is 3.64. The maximum Gasteiger partial charge on any atom is 0.274 e. The molecule has 2 aromatic carbocycles. The number of hydrogen-bond acceptors (Lipinski definition) is 4. The van der Waals surface area contributed by atoms with Crippen LogP contribution in [0.2, 0.25) is 0 Å². The Kier molecular flexibility index (Phi) is 5.43. The van der Waals surface area contributed by atoms with Crippen LogP contribution in [0.25, 0.3) is 10.8 Å². The fourth-order valence-corrected chi connectivity index (χ4v) is 3.44. The highest BCUT2D eigenvalue weighted by molar-refractivity contribution is 6.04. The molecular weight excluding hydrogens is 378 g/mol. The highest BCUT2D eigenvalue weighted by Gasteiger charge is 2.18. The predicted molar refractivity (Wildman–Crippen MR) is 115 cm³/mol. The van der Waals surface area contributed by atoms with Crippen molar-refractivity contribution in [1.29, 1.82) is 0 Å². The van der Waals surface area contributed by atoms with Crippen LogP contribution in [0.15, 0.2) is 71.8 Å². The molecule has 0 fully saturated rings. The summed E-state index contributed by atoms with van der Waals surface area (Å²) < 4.78 is 3.21. The summed E-state index contributed by atoms with van der Waals surface area (Å²) in [6.45, 7) is 4.72. The molecule has 0 unspecified atom stereocenters. The zero-order chi connectivity index (χ0) is 21.1. The van der Waals surface area contributed by atoms with Crippen LogP contribution in [0, 0.1) is 0 Å². The molecule has 0 aliphatic carbocycles. The van der Waals surface area contributed by atoms with Gasteiger partial charge < -0.3 is 5.32 Å². The van der Waals surface area contributed by atoms with Crippen molar-refractivity contribution in [3.63, 3.8) is 0 Å². The first-order valence-corrected chi connectivity index (χ1v) is 9.88. The molecule has 0 spiro atoms. The lowest BCUT2D eigenvalue weighted by molar-refractivity contribution is 0.0945. The highest BCUT2D eigenvalue weighted by atomic mass is 16.2. The zero-order valence-corrected chi connectivity index (χ0v) is 16.9. The second-order valence-corrected chi connectivity index (χ2v) is 7.39. The predicted octanol–water partition coefficient (Wildman–Crippen LogP) is 3.15. The van der Waals surface area contributed by atoms with Crippen LogP contribution in [0.1, 0.15) is 41.5 Å². The van der Waals surface area contributed by atoms with Crippen LogP contribution in [0.4, 0.5) is 0 Å². The van der Waals surface area contributed by atoms with Gasteiger partial charge in [-0.05, 0) is 37.1 Å². The van der Waals surface area contributed by atoms with Gasteiger partial charge in [0.05, 0.1) is 18.0 Å². The Morgan fingerprint density at radius 3 is 2.40 bits per heavy atom. The molecule has 0 atom stereocenters. The first kappa shape index (κ1) is 19.6. The van der Waals surface area contributed by atoms with E-state index in [9.17, 15) is 9.59 Å². The summed E-state index contributed by atoms with van der Waals surface area (Å²) in [5, 5.41) is 12.6. The lowest BCUT2D eigenvalue weighted by atomic mass is 10.1. The molecule has 0 bridgehead atoms. The van der Waals surface area contributed by atoms with Gasteiger partial charge in [0.15, 0.2) is 5.69 Å². The van der Waals surface area contributed by atoms with E-state index < -0.39 is 0 Å². The van der Waals surface area contributed by atoms with E-state index in [4.69, 9.17) is 0 Å². The van der Waals surface area contributed by atoms with Crippen molar-refractivity contribution in [1.82, 2.24) is 24.9 Å². The number of aromatic nitrogens is 4. The lowest BCUT2D eigenvalue weighted by Crippen LogP contribution is -2.31. The Morgan fingerprint density at radius 2 is 1.70 bits per heavy atom. The minimum Gasteiger partial charge on any atom is -0.347 e. The summed E-state index contributed by atoms with van der Waals surface area (Å²) in [6, 6.07) is 16.7. The summed E-state index contributed by atoms with van der Waals surface area (Å²) in [5.41, 5.74) is 2.14. The van der Waals surface area contributed by atoms with Gasteiger partial charge in [-0.25, -0.2) is 4.68 Å². The van der Waals surface area contributed by atoms with Gasteiger partial charge >= 0.3 is 0 Å². The molecule has 0 aliphatic rings. The maximum atomic E-state index is 13.0. The Labute approximate surface area is 174 Å². The van der Waals surface area contributed by atoms with E-state index in [0.29, 0.717) is 23.9 Å². The molecule has 7 nitrogen and oxygen atoms in total. The normalized spacial score (nSPS) is 11.2. The molecule has 4 rings (SSSR count). The molecule has 7 heteroatoms. The van der Waals surface area contributed by atoms with E-state index in [1.807, 2.05) is 55.1 Å². The second kappa shape index (κ2) is 8.32. The van der Waals surface area contributed by atoms with Crippen molar-refractivity contribution >= 4 is 16.7 Å². The minimum atomic E-state index is -0.311. The molecule has 0 saturated heterocycles. The molecule has 4 aromatic rings. The fraction of sp³-hybridized carbons (Fsp3) is 0.217. The van der Waals surface area contributed by atoms with Crippen molar-refractivity contribution in [2.24, 2.45) is 0 Å². The van der Waals surface area contributed by atoms with Gasteiger partial charge in [0.1, 0.15) is 0 Å². The SMILES string of the molecule is CC(C)n1nc(C(=O)NCc2ccccc2Cn2cccn2)c2ccccc2c1=O. The topological polar surface area (TPSA) is 81.8 Å². The van der Waals surface area contributed by atoms with Crippen LogP contribution < -0.4 is 10.9 Å². The third-order valence-corrected chi connectivity index (χ3v) is 4.98. The van der Waals surface area contributed by atoms with Gasteiger partial charge in [0.2, 0.25) is 0 Å². The molecule has 2 aromatic heterocycles. The number of nitrogens with zero attached hydrogens (tertiary/aromatic N) is 4. The van der Waals surface area contributed by atoms with Crippen LogP contribution >= 0.6 is 0 Å². The zero-order valence-electron chi connectivity index (χ0n) is 16.9. The third kappa shape index (κ3) is 3.87. The molecule has 1 N–H and O–H groups in total. The number of fused-ring (bicyclic) bond motifs is 1. The Bertz CT molecular complexity index is 1240. The van der Waals surface area contributed by atoms with Crippen LogP contribution in [-0.2, 0) is 13.1 Å².